The highest BCUT2D eigenvalue weighted by atomic mass is 79.9. The molecule has 0 aliphatic carbocycles. The van der Waals surface area contributed by atoms with Crippen LogP contribution in [-0.4, -0.2) is 47.8 Å². The molecule has 4 rings (SSSR count). The minimum Gasteiger partial charge on any atom is -0.355 e. The van der Waals surface area contributed by atoms with Crippen molar-refractivity contribution in [3.05, 3.63) is 94.5 Å². The van der Waals surface area contributed by atoms with Crippen LogP contribution in [0.4, 0.5) is 5.69 Å². The molecule has 0 bridgehead atoms. The summed E-state index contributed by atoms with van der Waals surface area (Å²) in [6.45, 7) is 0.0260. The molecule has 3 N–H and O–H groups in total. The van der Waals surface area contributed by atoms with Crippen LogP contribution in [0.5, 0.6) is 0 Å². The first kappa shape index (κ1) is 29.7. The summed E-state index contributed by atoms with van der Waals surface area (Å²) in [7, 11) is -8.01. The van der Waals surface area contributed by atoms with Gasteiger partial charge in [0, 0.05) is 11.0 Å². The Morgan fingerprint density at radius 3 is 2.27 bits per heavy atom. The Kier molecular flexibility index (Phi) is 9.61. The van der Waals surface area contributed by atoms with Gasteiger partial charge in [0.2, 0.25) is 15.9 Å². The van der Waals surface area contributed by atoms with Crippen molar-refractivity contribution in [2.75, 3.05) is 17.4 Å². The van der Waals surface area contributed by atoms with Gasteiger partial charge in [0.05, 0.1) is 10.6 Å². The molecule has 3 aromatic carbocycles. The van der Waals surface area contributed by atoms with Crippen molar-refractivity contribution < 1.29 is 26.4 Å². The van der Waals surface area contributed by atoms with Crippen molar-refractivity contribution in [1.82, 2.24) is 14.8 Å². The van der Waals surface area contributed by atoms with Crippen LogP contribution in [0.25, 0.3) is 0 Å². The number of aryl methyl sites for hydroxylation is 1. The smallest absolute Gasteiger partial charge is 0.326 e. The van der Waals surface area contributed by atoms with Crippen LogP contribution >= 0.6 is 15.9 Å². The Morgan fingerprint density at radius 1 is 0.975 bits per heavy atom. The number of nitrogens with zero attached hydrogens (tertiary/aromatic N) is 1. The molecule has 0 spiro atoms. The van der Waals surface area contributed by atoms with Crippen LogP contribution in [0.2, 0.25) is 0 Å². The van der Waals surface area contributed by atoms with E-state index in [9.17, 15) is 26.4 Å². The Morgan fingerprint density at radius 2 is 1.65 bits per heavy atom. The topological polar surface area (TPSA) is 142 Å². The third kappa shape index (κ3) is 7.68. The van der Waals surface area contributed by atoms with Gasteiger partial charge in [0.1, 0.15) is 12.6 Å². The van der Waals surface area contributed by atoms with Gasteiger partial charge in [-0.15, -0.1) is 0 Å². The number of halogens is 1. The molecule has 10 nitrogen and oxygen atoms in total. The third-order valence-electron chi connectivity index (χ3n) is 6.24. The van der Waals surface area contributed by atoms with E-state index >= 15 is 0 Å². The monoisotopic (exact) mass is 648 g/mol. The summed E-state index contributed by atoms with van der Waals surface area (Å²) >= 11 is 3.35. The maximum absolute atomic E-state index is 13.2. The molecule has 1 fully saturated rings. The fourth-order valence-corrected chi connectivity index (χ4v) is 7.39. The maximum Gasteiger partial charge on any atom is 0.326 e. The van der Waals surface area contributed by atoms with Crippen LogP contribution in [0.15, 0.2) is 88.2 Å². The van der Waals surface area contributed by atoms with E-state index in [-0.39, 0.29) is 23.5 Å². The molecular weight excluding hydrogens is 620 g/mol. The van der Waals surface area contributed by atoms with E-state index in [2.05, 4.69) is 26.0 Å². The van der Waals surface area contributed by atoms with Gasteiger partial charge in [-0.2, -0.15) is 13.1 Å². The second kappa shape index (κ2) is 12.9. The molecule has 0 radical (unpaired) electrons. The minimum absolute atomic E-state index is 0.00469. The Bertz CT molecular complexity index is 1570. The van der Waals surface area contributed by atoms with E-state index in [4.69, 9.17) is 0 Å². The molecule has 0 saturated carbocycles. The first-order valence-electron chi connectivity index (χ1n) is 12.6. The lowest BCUT2D eigenvalue weighted by atomic mass is 10.1. The van der Waals surface area contributed by atoms with Gasteiger partial charge >= 0.3 is 10.2 Å². The number of anilines is 1. The molecule has 212 valence electrons. The highest BCUT2D eigenvalue weighted by Crippen LogP contribution is 2.31. The minimum atomic E-state index is -4.00. The van der Waals surface area contributed by atoms with Gasteiger partial charge in [-0.25, -0.2) is 17.4 Å². The average molecular weight is 650 g/mol. The first-order valence-corrected chi connectivity index (χ1v) is 16.3. The van der Waals surface area contributed by atoms with Crippen LogP contribution < -0.4 is 19.1 Å². The fraction of sp³-hybridized carbons (Fsp3) is 0.259. The number of rotatable bonds is 12. The number of hydrogen-bond donors (Lipinski definition) is 3. The van der Waals surface area contributed by atoms with Crippen molar-refractivity contribution in [3.8, 4) is 0 Å². The number of amides is 2. The third-order valence-corrected chi connectivity index (χ3v) is 9.76. The number of nitrogens with one attached hydrogen (secondary N) is 3. The molecule has 40 heavy (non-hydrogen) atoms. The average Bonchev–Trinajstić information content (AvgIpc) is 3.20. The van der Waals surface area contributed by atoms with E-state index in [0.29, 0.717) is 16.6 Å². The van der Waals surface area contributed by atoms with Gasteiger partial charge in [-0.1, -0.05) is 54.6 Å². The van der Waals surface area contributed by atoms with Crippen molar-refractivity contribution in [1.29, 1.82) is 0 Å². The lowest BCUT2D eigenvalue weighted by Crippen LogP contribution is -2.48. The molecule has 1 unspecified atom stereocenters. The highest BCUT2D eigenvalue weighted by molar-refractivity contribution is 9.10. The largest absolute Gasteiger partial charge is 0.355 e. The lowest BCUT2D eigenvalue weighted by molar-refractivity contribution is -0.122. The second-order valence-corrected chi connectivity index (χ2v) is 13.4. The molecular formula is C27H29BrN4O6S2. The standard InChI is InChI=1S/C27H29BrN4O6S2/c28-23-17-21(14-15-25(23)32-19-26(33)31-40(32,37)38)18-24(30-39(35,36)22-12-5-2-6-13-22)27(34)29-16-8-7-11-20-9-3-1-4-10-20/h1-6,9-10,12-15,17,24,30H,7-8,11,16,18-19H2,(H,29,34)(H,31,33). The SMILES string of the molecule is O=C1CN(c2ccc(CC(NS(=O)(=O)c3ccccc3)C(=O)NCCCCc3ccccc3)cc2Br)S(=O)(=O)N1. The fourth-order valence-electron chi connectivity index (χ4n) is 4.25. The maximum atomic E-state index is 13.2. The quantitative estimate of drug-likeness (QED) is 0.258. The number of carbonyl (C=O) groups is 2. The molecule has 13 heteroatoms. The zero-order valence-electron chi connectivity index (χ0n) is 21.4. The van der Waals surface area contributed by atoms with Crippen LogP contribution in [0, 0.1) is 0 Å². The van der Waals surface area contributed by atoms with Crippen molar-refractivity contribution >= 4 is 53.7 Å². The zero-order chi connectivity index (χ0) is 28.8. The second-order valence-electron chi connectivity index (χ2n) is 9.25. The number of benzene rings is 3. The van der Waals surface area contributed by atoms with E-state index in [1.807, 2.05) is 35.1 Å². The summed E-state index contributed by atoms with van der Waals surface area (Å²) in [5.41, 5.74) is 2.02. The normalized spacial score (nSPS) is 15.4. The summed E-state index contributed by atoms with van der Waals surface area (Å²) in [5, 5.41) is 2.84. The van der Waals surface area contributed by atoms with Crippen molar-refractivity contribution in [2.24, 2.45) is 0 Å². The molecule has 0 aromatic heterocycles. The Labute approximate surface area is 242 Å². The summed E-state index contributed by atoms with van der Waals surface area (Å²) in [6.07, 6.45) is 2.45. The van der Waals surface area contributed by atoms with Crippen LogP contribution in [-0.2, 0) is 42.7 Å². The van der Waals surface area contributed by atoms with Crippen molar-refractivity contribution in [3.63, 3.8) is 0 Å². The van der Waals surface area contributed by atoms with Crippen molar-refractivity contribution in [2.45, 2.75) is 36.6 Å². The first-order chi connectivity index (χ1) is 19.0. The predicted molar refractivity (Wildman–Crippen MR) is 155 cm³/mol. The molecule has 1 atom stereocenters. The summed E-state index contributed by atoms with van der Waals surface area (Å²) in [5.74, 6) is -1.12. The summed E-state index contributed by atoms with van der Waals surface area (Å²) in [6, 6.07) is 21.3. The number of unbranched alkanes of at least 4 members (excludes halogenated alkanes) is 1. The molecule has 2 amide bonds. The van der Waals surface area contributed by atoms with E-state index in [1.54, 1.807) is 30.3 Å². The Hall–Kier alpha value is -3.26. The predicted octanol–water partition coefficient (Wildman–Crippen LogP) is 2.66. The van der Waals surface area contributed by atoms with Gasteiger partial charge in [-0.3, -0.25) is 9.59 Å². The summed E-state index contributed by atoms with van der Waals surface area (Å²) < 4.78 is 56.3. The Balaban J connectivity index is 1.47. The van der Waals surface area contributed by atoms with Gasteiger partial charge in [0.15, 0.2) is 0 Å². The highest BCUT2D eigenvalue weighted by Gasteiger charge is 2.35. The lowest BCUT2D eigenvalue weighted by Gasteiger charge is -2.20. The van der Waals surface area contributed by atoms with E-state index < -0.39 is 38.1 Å². The van der Waals surface area contributed by atoms with E-state index in [1.165, 1.54) is 23.8 Å². The molecule has 1 saturated heterocycles. The molecule has 1 heterocycles. The molecule has 3 aromatic rings. The molecule has 1 aliphatic heterocycles. The zero-order valence-corrected chi connectivity index (χ0v) is 24.6. The van der Waals surface area contributed by atoms with Gasteiger partial charge in [-0.05, 0) is 77.0 Å². The van der Waals surface area contributed by atoms with Crippen LogP contribution in [0.1, 0.15) is 24.0 Å². The van der Waals surface area contributed by atoms with E-state index in [0.717, 1.165) is 23.6 Å². The number of hydrogen-bond acceptors (Lipinski definition) is 6. The van der Waals surface area contributed by atoms with Gasteiger partial charge < -0.3 is 5.32 Å². The number of sulfonamides is 1. The van der Waals surface area contributed by atoms with Crippen LogP contribution in [0.3, 0.4) is 0 Å². The molecule has 1 aliphatic rings. The van der Waals surface area contributed by atoms with Gasteiger partial charge in [0.25, 0.3) is 5.91 Å². The summed E-state index contributed by atoms with van der Waals surface area (Å²) in [4.78, 5) is 24.9. The number of carbonyl (C=O) groups excluding carboxylic acids is 2.